The highest BCUT2D eigenvalue weighted by Crippen LogP contribution is 2.40. The summed E-state index contributed by atoms with van der Waals surface area (Å²) >= 11 is 0. The number of fused-ring (bicyclic) bond motifs is 1. The lowest BCUT2D eigenvalue weighted by molar-refractivity contribution is -0.149. The van der Waals surface area contributed by atoms with Gasteiger partial charge in [0.05, 0.1) is 0 Å². The molecule has 1 aromatic carbocycles. The van der Waals surface area contributed by atoms with Crippen molar-refractivity contribution in [2.24, 2.45) is 5.92 Å². The molecule has 24 heavy (non-hydrogen) atoms. The number of hydrogen-bond donors (Lipinski definition) is 1. The zero-order valence-corrected chi connectivity index (χ0v) is 13.9. The molecule has 2 fully saturated rings. The van der Waals surface area contributed by atoms with Crippen molar-refractivity contribution >= 4 is 18.0 Å². The van der Waals surface area contributed by atoms with E-state index in [1.165, 1.54) is 0 Å². The Morgan fingerprint density at radius 3 is 2.67 bits per heavy atom. The third-order valence-electron chi connectivity index (χ3n) is 5.30. The Balaban J connectivity index is 1.60. The minimum Gasteiger partial charge on any atom is -0.480 e. The zero-order chi connectivity index (χ0) is 16.9. The molecule has 4 nitrogen and oxygen atoms in total. The van der Waals surface area contributed by atoms with Crippen molar-refractivity contribution in [3.05, 3.63) is 42.0 Å². The van der Waals surface area contributed by atoms with Crippen molar-refractivity contribution in [3.63, 3.8) is 0 Å². The molecule has 1 saturated carbocycles. The number of likely N-dealkylation sites (tertiary alicyclic amines) is 1. The van der Waals surface area contributed by atoms with Crippen LogP contribution in [0.4, 0.5) is 0 Å². The van der Waals surface area contributed by atoms with E-state index in [-0.39, 0.29) is 11.9 Å². The first-order valence-corrected chi connectivity index (χ1v) is 8.92. The van der Waals surface area contributed by atoms with Gasteiger partial charge in [0.2, 0.25) is 5.91 Å². The molecule has 3 rings (SSSR count). The number of carbonyl (C=O) groups excluding carboxylic acids is 1. The molecular weight excluding hydrogens is 302 g/mol. The van der Waals surface area contributed by atoms with Crippen LogP contribution in [0.1, 0.15) is 50.5 Å². The van der Waals surface area contributed by atoms with Crippen LogP contribution in [0.25, 0.3) is 6.08 Å². The molecule has 3 unspecified atom stereocenters. The number of rotatable bonds is 5. The summed E-state index contributed by atoms with van der Waals surface area (Å²) in [6.07, 6.45) is 9.95. The van der Waals surface area contributed by atoms with Crippen LogP contribution in [0, 0.1) is 5.92 Å². The molecule has 1 aliphatic heterocycles. The molecule has 2 aliphatic rings. The van der Waals surface area contributed by atoms with Crippen molar-refractivity contribution in [3.8, 4) is 0 Å². The van der Waals surface area contributed by atoms with E-state index in [0.29, 0.717) is 25.2 Å². The fourth-order valence-electron chi connectivity index (χ4n) is 4.16. The largest absolute Gasteiger partial charge is 0.480 e. The minimum absolute atomic E-state index is 0.00508. The van der Waals surface area contributed by atoms with Crippen LogP contribution in [0.5, 0.6) is 0 Å². The highest BCUT2D eigenvalue weighted by Gasteiger charge is 2.47. The molecule has 128 valence electrons. The number of carboxylic acid groups (broad SMARTS) is 1. The first-order valence-electron chi connectivity index (χ1n) is 8.92. The van der Waals surface area contributed by atoms with Crippen LogP contribution in [-0.2, 0) is 9.59 Å². The summed E-state index contributed by atoms with van der Waals surface area (Å²) in [7, 11) is 0. The molecule has 1 aromatic rings. The highest BCUT2D eigenvalue weighted by atomic mass is 16.4. The average Bonchev–Trinajstić information content (AvgIpc) is 2.99. The fraction of sp³-hybridized carbons (Fsp3) is 0.500. The average molecular weight is 327 g/mol. The van der Waals surface area contributed by atoms with E-state index in [4.69, 9.17) is 0 Å². The molecular formula is C20H25NO3. The van der Waals surface area contributed by atoms with E-state index in [2.05, 4.69) is 0 Å². The van der Waals surface area contributed by atoms with Crippen molar-refractivity contribution in [1.82, 2.24) is 4.90 Å². The zero-order valence-electron chi connectivity index (χ0n) is 13.9. The van der Waals surface area contributed by atoms with Gasteiger partial charge in [-0.3, -0.25) is 4.79 Å². The second kappa shape index (κ2) is 7.65. The Bertz CT molecular complexity index is 611. The molecule has 4 heteroatoms. The van der Waals surface area contributed by atoms with Crippen molar-refractivity contribution in [2.75, 3.05) is 0 Å². The predicted molar refractivity (Wildman–Crippen MR) is 93.3 cm³/mol. The van der Waals surface area contributed by atoms with Crippen LogP contribution in [-0.4, -0.2) is 34.0 Å². The first kappa shape index (κ1) is 16.7. The Morgan fingerprint density at radius 2 is 1.92 bits per heavy atom. The monoisotopic (exact) mass is 327 g/mol. The predicted octanol–water partition coefficient (Wildman–Crippen LogP) is 3.72. The van der Waals surface area contributed by atoms with Crippen molar-refractivity contribution < 1.29 is 14.7 Å². The fourth-order valence-corrected chi connectivity index (χ4v) is 4.16. The van der Waals surface area contributed by atoms with Crippen LogP contribution < -0.4 is 0 Å². The molecule has 0 bridgehead atoms. The molecule has 1 saturated heterocycles. The second-order valence-corrected chi connectivity index (χ2v) is 6.85. The Labute approximate surface area is 143 Å². The van der Waals surface area contributed by atoms with Gasteiger partial charge in [-0.15, -0.1) is 0 Å². The van der Waals surface area contributed by atoms with Crippen LogP contribution >= 0.6 is 0 Å². The van der Waals surface area contributed by atoms with Crippen molar-refractivity contribution in [1.29, 1.82) is 0 Å². The van der Waals surface area contributed by atoms with Crippen LogP contribution in [0.15, 0.2) is 36.4 Å². The van der Waals surface area contributed by atoms with Crippen LogP contribution in [0.3, 0.4) is 0 Å². The SMILES string of the molecule is O=C(O)C1CC2CCCCC2N1C(=O)CC/C=C/c1ccccc1. The van der Waals surface area contributed by atoms with Gasteiger partial charge in [-0.1, -0.05) is 55.3 Å². The number of benzene rings is 1. The van der Waals surface area contributed by atoms with Gasteiger partial charge in [0.25, 0.3) is 0 Å². The first-order chi connectivity index (χ1) is 11.7. The van der Waals surface area contributed by atoms with Crippen LogP contribution in [0.2, 0.25) is 0 Å². The molecule has 1 heterocycles. The molecule has 3 atom stereocenters. The Hall–Kier alpha value is -2.10. The highest BCUT2D eigenvalue weighted by molar-refractivity contribution is 5.85. The minimum atomic E-state index is -0.849. The van der Waals surface area contributed by atoms with E-state index < -0.39 is 12.0 Å². The summed E-state index contributed by atoms with van der Waals surface area (Å²) in [4.78, 5) is 25.9. The Morgan fingerprint density at radius 1 is 1.17 bits per heavy atom. The quantitative estimate of drug-likeness (QED) is 0.896. The molecule has 0 spiro atoms. The maximum Gasteiger partial charge on any atom is 0.326 e. The van der Waals surface area contributed by atoms with Gasteiger partial charge in [0.1, 0.15) is 6.04 Å². The topological polar surface area (TPSA) is 57.6 Å². The van der Waals surface area contributed by atoms with Gasteiger partial charge in [-0.05, 0) is 37.2 Å². The second-order valence-electron chi connectivity index (χ2n) is 6.85. The molecule has 0 radical (unpaired) electrons. The lowest BCUT2D eigenvalue weighted by atomic mass is 9.84. The van der Waals surface area contributed by atoms with Gasteiger partial charge in [-0.2, -0.15) is 0 Å². The number of allylic oxidation sites excluding steroid dienone is 1. The Kier molecular flexibility index (Phi) is 5.34. The van der Waals surface area contributed by atoms with Gasteiger partial charge >= 0.3 is 5.97 Å². The van der Waals surface area contributed by atoms with E-state index in [1.54, 1.807) is 4.90 Å². The molecule has 0 aromatic heterocycles. The number of carbonyl (C=O) groups is 2. The maximum absolute atomic E-state index is 12.7. The third kappa shape index (κ3) is 3.69. The van der Waals surface area contributed by atoms with E-state index >= 15 is 0 Å². The number of nitrogens with zero attached hydrogens (tertiary/aromatic N) is 1. The summed E-state index contributed by atoms with van der Waals surface area (Å²) in [5.74, 6) is -0.476. The van der Waals surface area contributed by atoms with E-state index in [1.807, 2.05) is 42.5 Å². The van der Waals surface area contributed by atoms with E-state index in [9.17, 15) is 14.7 Å². The normalized spacial score (nSPS) is 26.5. The molecule has 1 N–H and O–H groups in total. The standard InChI is InChI=1S/C20H25NO3/c22-19(13-7-4-10-15-8-2-1-3-9-15)21-17-12-6-5-11-16(17)14-18(21)20(23)24/h1-4,8-10,16-18H,5-7,11-14H2,(H,23,24)/b10-4+. The lowest BCUT2D eigenvalue weighted by Crippen LogP contribution is -2.46. The summed E-state index contributed by atoms with van der Waals surface area (Å²) in [5, 5.41) is 9.49. The number of hydrogen-bond acceptors (Lipinski definition) is 2. The summed E-state index contributed by atoms with van der Waals surface area (Å²) in [6, 6.07) is 9.50. The summed E-state index contributed by atoms with van der Waals surface area (Å²) < 4.78 is 0. The van der Waals surface area contributed by atoms with Crippen molar-refractivity contribution in [2.45, 2.75) is 57.0 Å². The lowest BCUT2D eigenvalue weighted by Gasteiger charge is -2.33. The maximum atomic E-state index is 12.7. The summed E-state index contributed by atoms with van der Waals surface area (Å²) in [5.41, 5.74) is 1.11. The van der Waals surface area contributed by atoms with Gasteiger partial charge in [0.15, 0.2) is 0 Å². The number of carboxylic acids is 1. The summed E-state index contributed by atoms with van der Waals surface area (Å²) in [6.45, 7) is 0. The molecule has 1 aliphatic carbocycles. The van der Waals surface area contributed by atoms with Gasteiger partial charge in [-0.25, -0.2) is 4.79 Å². The smallest absolute Gasteiger partial charge is 0.326 e. The van der Waals surface area contributed by atoms with E-state index in [0.717, 1.165) is 31.2 Å². The third-order valence-corrected chi connectivity index (χ3v) is 5.30. The van der Waals surface area contributed by atoms with Gasteiger partial charge in [0, 0.05) is 12.5 Å². The number of amides is 1. The number of aliphatic carboxylic acids is 1. The molecule has 1 amide bonds. The van der Waals surface area contributed by atoms with Gasteiger partial charge < -0.3 is 10.0 Å².